The molecule has 1 N–H and O–H groups in total. The van der Waals surface area contributed by atoms with E-state index in [1.165, 1.54) is 25.7 Å². The van der Waals surface area contributed by atoms with Gasteiger partial charge in [0.15, 0.2) is 0 Å². The van der Waals surface area contributed by atoms with Gasteiger partial charge in [-0.25, -0.2) is 13.1 Å². The molecule has 4 atom stereocenters. The van der Waals surface area contributed by atoms with Crippen LogP contribution >= 0.6 is 0 Å². The van der Waals surface area contributed by atoms with Crippen molar-refractivity contribution in [1.82, 2.24) is 4.72 Å². The summed E-state index contributed by atoms with van der Waals surface area (Å²) in [5, 5.41) is 0. The van der Waals surface area contributed by atoms with Crippen LogP contribution in [-0.2, 0) is 10.0 Å². The maximum atomic E-state index is 11.9. The van der Waals surface area contributed by atoms with E-state index in [0.717, 1.165) is 24.7 Å². The van der Waals surface area contributed by atoms with E-state index in [-0.39, 0.29) is 11.8 Å². The third-order valence-corrected chi connectivity index (χ3v) is 6.12. The number of hydrogen-bond acceptors (Lipinski definition) is 2. The van der Waals surface area contributed by atoms with Gasteiger partial charge in [0.05, 0.1) is 5.75 Å². The zero-order valence-electron chi connectivity index (χ0n) is 11.0. The predicted octanol–water partition coefficient (Wildman–Crippen LogP) is 2.53. The molecule has 0 spiro atoms. The van der Waals surface area contributed by atoms with Gasteiger partial charge >= 0.3 is 0 Å². The van der Waals surface area contributed by atoms with Gasteiger partial charge in [-0.05, 0) is 50.4 Å². The highest BCUT2D eigenvalue weighted by molar-refractivity contribution is 7.89. The van der Waals surface area contributed by atoms with Crippen molar-refractivity contribution in [2.45, 2.75) is 58.4 Å². The van der Waals surface area contributed by atoms with Crippen LogP contribution in [0.25, 0.3) is 0 Å². The molecular formula is C13H25NO2S. The topological polar surface area (TPSA) is 46.2 Å². The molecule has 0 unspecified atom stereocenters. The number of fused-ring (bicyclic) bond motifs is 2. The van der Waals surface area contributed by atoms with Crippen molar-refractivity contribution in [2.75, 3.05) is 5.75 Å². The molecule has 2 fully saturated rings. The fourth-order valence-corrected chi connectivity index (χ4v) is 5.20. The Kier molecular flexibility index (Phi) is 4.14. The van der Waals surface area contributed by atoms with Gasteiger partial charge in [0.1, 0.15) is 0 Å². The van der Waals surface area contributed by atoms with Crippen LogP contribution in [-0.4, -0.2) is 20.2 Å². The van der Waals surface area contributed by atoms with Crippen LogP contribution in [0.4, 0.5) is 0 Å². The zero-order chi connectivity index (χ0) is 12.5. The highest BCUT2D eigenvalue weighted by atomic mass is 32.2. The van der Waals surface area contributed by atoms with Crippen LogP contribution < -0.4 is 4.72 Å². The minimum absolute atomic E-state index is 0.132. The van der Waals surface area contributed by atoms with Crippen molar-refractivity contribution < 1.29 is 8.42 Å². The van der Waals surface area contributed by atoms with E-state index in [2.05, 4.69) is 11.6 Å². The zero-order valence-corrected chi connectivity index (χ0v) is 11.8. The summed E-state index contributed by atoms with van der Waals surface area (Å²) in [7, 11) is -3.05. The summed E-state index contributed by atoms with van der Waals surface area (Å²) in [5.74, 6) is 2.54. The highest BCUT2D eigenvalue weighted by Crippen LogP contribution is 2.49. The van der Waals surface area contributed by atoms with Crippen molar-refractivity contribution in [1.29, 1.82) is 0 Å². The van der Waals surface area contributed by atoms with Gasteiger partial charge in [0, 0.05) is 6.04 Å². The summed E-state index contributed by atoms with van der Waals surface area (Å²) < 4.78 is 26.6. The molecule has 0 heterocycles. The molecule has 2 aliphatic carbocycles. The van der Waals surface area contributed by atoms with Gasteiger partial charge < -0.3 is 0 Å². The lowest BCUT2D eigenvalue weighted by Gasteiger charge is -2.28. The fourth-order valence-electron chi connectivity index (χ4n) is 3.67. The molecule has 0 aromatic carbocycles. The first-order valence-electron chi connectivity index (χ1n) is 7.02. The van der Waals surface area contributed by atoms with Crippen molar-refractivity contribution in [3.8, 4) is 0 Å². The van der Waals surface area contributed by atoms with Crippen LogP contribution in [0.3, 0.4) is 0 Å². The van der Waals surface area contributed by atoms with Crippen molar-refractivity contribution in [2.24, 2.45) is 17.8 Å². The number of unbranched alkanes of at least 4 members (excludes halogenated alkanes) is 1. The van der Waals surface area contributed by atoms with E-state index < -0.39 is 10.0 Å². The van der Waals surface area contributed by atoms with Crippen LogP contribution in [0.15, 0.2) is 0 Å². The van der Waals surface area contributed by atoms with Gasteiger partial charge in [0.25, 0.3) is 0 Å². The molecule has 0 aromatic heterocycles. The summed E-state index contributed by atoms with van der Waals surface area (Å²) in [6.07, 6.45) is 6.96. The van der Waals surface area contributed by atoms with Crippen molar-refractivity contribution >= 4 is 10.0 Å². The lowest BCUT2D eigenvalue weighted by molar-refractivity contribution is 0.280. The number of hydrogen-bond donors (Lipinski definition) is 1. The third-order valence-electron chi connectivity index (χ3n) is 4.57. The highest BCUT2D eigenvalue weighted by Gasteiger charge is 2.42. The molecule has 0 radical (unpaired) electrons. The first kappa shape index (κ1) is 13.3. The summed E-state index contributed by atoms with van der Waals surface area (Å²) in [6.45, 7) is 4.07. The minimum atomic E-state index is -3.05. The summed E-state index contributed by atoms with van der Waals surface area (Å²) in [4.78, 5) is 0. The Hall–Kier alpha value is -0.0900. The Morgan fingerprint density at radius 3 is 2.59 bits per heavy atom. The molecule has 2 aliphatic rings. The van der Waals surface area contributed by atoms with E-state index in [9.17, 15) is 8.42 Å². The van der Waals surface area contributed by atoms with Gasteiger partial charge in [0.2, 0.25) is 10.0 Å². The lowest BCUT2D eigenvalue weighted by Crippen LogP contribution is -2.41. The standard InChI is InChI=1S/C13H25NO2S/c1-3-4-7-17(15,16)14-10(2)13-9-11-5-6-12(13)8-11/h10-14H,3-9H2,1-2H3/t10-,11-,12-,13+/m1/s1. The Balaban J connectivity index is 1.86. The predicted molar refractivity (Wildman–Crippen MR) is 70.2 cm³/mol. The SMILES string of the molecule is CCCCS(=O)(=O)N[C@H](C)[C@@H]1C[C@@H]2CC[C@@H]1C2. The average Bonchev–Trinajstić information content (AvgIpc) is 2.87. The van der Waals surface area contributed by atoms with Crippen molar-refractivity contribution in [3.63, 3.8) is 0 Å². The van der Waals surface area contributed by atoms with E-state index >= 15 is 0 Å². The van der Waals surface area contributed by atoms with Crippen LogP contribution in [0.1, 0.15) is 52.4 Å². The summed E-state index contributed by atoms with van der Waals surface area (Å²) >= 11 is 0. The maximum absolute atomic E-state index is 11.9. The summed E-state index contributed by atoms with van der Waals surface area (Å²) in [5.41, 5.74) is 0. The Bertz CT molecular complexity index is 352. The average molecular weight is 259 g/mol. The Morgan fingerprint density at radius 1 is 1.29 bits per heavy atom. The van der Waals surface area contributed by atoms with E-state index in [0.29, 0.717) is 5.92 Å². The first-order valence-corrected chi connectivity index (χ1v) is 8.67. The molecule has 0 amide bonds. The smallest absolute Gasteiger partial charge is 0.211 e. The Morgan fingerprint density at radius 2 is 2.06 bits per heavy atom. The quantitative estimate of drug-likeness (QED) is 0.796. The van der Waals surface area contributed by atoms with Crippen LogP contribution in [0.5, 0.6) is 0 Å². The first-order chi connectivity index (χ1) is 8.02. The normalized spacial score (nSPS) is 34.1. The molecule has 2 bridgehead atoms. The molecule has 2 saturated carbocycles. The fraction of sp³-hybridized carbons (Fsp3) is 1.00. The van der Waals surface area contributed by atoms with Gasteiger partial charge in [-0.1, -0.05) is 19.8 Å². The molecule has 17 heavy (non-hydrogen) atoms. The summed E-state index contributed by atoms with van der Waals surface area (Å²) in [6, 6.07) is 0.132. The van der Waals surface area contributed by atoms with Gasteiger partial charge in [-0.3, -0.25) is 0 Å². The maximum Gasteiger partial charge on any atom is 0.211 e. The molecule has 3 nitrogen and oxygen atoms in total. The van der Waals surface area contributed by atoms with E-state index in [1.807, 2.05) is 6.92 Å². The molecule has 0 aromatic rings. The molecule has 4 heteroatoms. The van der Waals surface area contributed by atoms with E-state index in [4.69, 9.17) is 0 Å². The van der Waals surface area contributed by atoms with E-state index in [1.54, 1.807) is 0 Å². The number of sulfonamides is 1. The minimum Gasteiger partial charge on any atom is -0.212 e. The molecular weight excluding hydrogens is 234 g/mol. The second-order valence-corrected chi connectivity index (χ2v) is 7.79. The largest absolute Gasteiger partial charge is 0.212 e. The third kappa shape index (κ3) is 3.22. The molecule has 0 aliphatic heterocycles. The second-order valence-electron chi connectivity index (χ2n) is 5.92. The van der Waals surface area contributed by atoms with Crippen molar-refractivity contribution in [3.05, 3.63) is 0 Å². The number of rotatable bonds is 6. The Labute approximate surface area is 105 Å². The number of nitrogens with one attached hydrogen (secondary N) is 1. The molecule has 2 rings (SSSR count). The van der Waals surface area contributed by atoms with Gasteiger partial charge in [-0.2, -0.15) is 0 Å². The molecule has 0 saturated heterocycles. The van der Waals surface area contributed by atoms with Crippen LogP contribution in [0, 0.1) is 17.8 Å². The van der Waals surface area contributed by atoms with Gasteiger partial charge in [-0.15, -0.1) is 0 Å². The molecule has 100 valence electrons. The lowest BCUT2D eigenvalue weighted by atomic mass is 9.84. The van der Waals surface area contributed by atoms with Crippen LogP contribution in [0.2, 0.25) is 0 Å². The monoisotopic (exact) mass is 259 g/mol. The second kappa shape index (κ2) is 5.27.